The third-order valence-corrected chi connectivity index (χ3v) is 3.54. The zero-order valence-electron chi connectivity index (χ0n) is 11.4. The van der Waals surface area contributed by atoms with Gasteiger partial charge in [-0.3, -0.25) is 4.79 Å². The molecule has 1 heterocycles. The molecule has 0 saturated heterocycles. The molecule has 0 aliphatic heterocycles. The molecule has 5 heteroatoms. The summed E-state index contributed by atoms with van der Waals surface area (Å²) in [7, 11) is 0. The van der Waals surface area contributed by atoms with Gasteiger partial charge in [0.05, 0.1) is 6.04 Å². The van der Waals surface area contributed by atoms with Crippen LogP contribution in [-0.2, 0) is 11.2 Å². The number of benzene rings is 1. The van der Waals surface area contributed by atoms with Gasteiger partial charge < -0.3 is 10.3 Å². The van der Waals surface area contributed by atoms with Crippen molar-refractivity contribution in [2.75, 3.05) is 0 Å². The van der Waals surface area contributed by atoms with Crippen molar-refractivity contribution >= 4 is 17.5 Å². The van der Waals surface area contributed by atoms with Crippen LogP contribution in [0.15, 0.2) is 36.7 Å². The lowest BCUT2D eigenvalue weighted by molar-refractivity contribution is -0.121. The second kappa shape index (κ2) is 7.10. The lowest BCUT2D eigenvalue weighted by Crippen LogP contribution is -2.29. The standard InChI is InChI=1S/C15H18ClN3O/c1-2-13(15-17-9-10-18-15)19-14(20)8-7-11-5-3-4-6-12(11)16/h3-6,9-10,13H,2,7-8H2,1H3,(H,17,18)(H,19,20). The first-order chi connectivity index (χ1) is 9.70. The molecule has 0 bridgehead atoms. The molecule has 1 amide bonds. The van der Waals surface area contributed by atoms with Crippen molar-refractivity contribution in [3.05, 3.63) is 53.1 Å². The van der Waals surface area contributed by atoms with E-state index in [1.807, 2.05) is 31.2 Å². The average molecular weight is 292 g/mol. The summed E-state index contributed by atoms with van der Waals surface area (Å²) >= 11 is 6.08. The van der Waals surface area contributed by atoms with E-state index in [0.29, 0.717) is 17.9 Å². The van der Waals surface area contributed by atoms with E-state index in [-0.39, 0.29) is 11.9 Å². The van der Waals surface area contributed by atoms with Gasteiger partial charge in [0, 0.05) is 23.8 Å². The number of aromatic nitrogens is 2. The van der Waals surface area contributed by atoms with Gasteiger partial charge in [-0.15, -0.1) is 0 Å². The Balaban J connectivity index is 1.88. The highest BCUT2D eigenvalue weighted by Crippen LogP contribution is 2.17. The van der Waals surface area contributed by atoms with Crippen molar-refractivity contribution in [2.24, 2.45) is 0 Å². The number of H-pyrrole nitrogens is 1. The number of hydrogen-bond acceptors (Lipinski definition) is 2. The highest BCUT2D eigenvalue weighted by molar-refractivity contribution is 6.31. The first kappa shape index (κ1) is 14.6. The summed E-state index contributed by atoms with van der Waals surface area (Å²) in [5.41, 5.74) is 0.996. The number of nitrogens with zero attached hydrogens (tertiary/aromatic N) is 1. The minimum Gasteiger partial charge on any atom is -0.347 e. The van der Waals surface area contributed by atoms with Crippen molar-refractivity contribution in [1.29, 1.82) is 0 Å². The highest BCUT2D eigenvalue weighted by atomic mass is 35.5. The number of aromatic amines is 1. The molecule has 0 spiro atoms. The fourth-order valence-electron chi connectivity index (χ4n) is 2.05. The molecule has 0 aliphatic carbocycles. The number of nitrogens with one attached hydrogen (secondary N) is 2. The monoisotopic (exact) mass is 291 g/mol. The molecule has 2 N–H and O–H groups in total. The van der Waals surface area contributed by atoms with E-state index in [9.17, 15) is 4.79 Å². The van der Waals surface area contributed by atoms with E-state index in [0.717, 1.165) is 17.8 Å². The molecule has 0 radical (unpaired) electrons. The summed E-state index contributed by atoms with van der Waals surface area (Å²) in [5.74, 6) is 0.798. The lowest BCUT2D eigenvalue weighted by atomic mass is 10.1. The van der Waals surface area contributed by atoms with E-state index >= 15 is 0 Å². The number of imidazole rings is 1. The van der Waals surface area contributed by atoms with Crippen LogP contribution in [0.3, 0.4) is 0 Å². The van der Waals surface area contributed by atoms with Crippen LogP contribution in [0.4, 0.5) is 0 Å². The van der Waals surface area contributed by atoms with Gasteiger partial charge in [-0.25, -0.2) is 4.98 Å². The number of amides is 1. The molecule has 106 valence electrons. The molecule has 2 rings (SSSR count). The van der Waals surface area contributed by atoms with Crippen molar-refractivity contribution < 1.29 is 4.79 Å². The minimum absolute atomic E-state index is 0.00756. The molecule has 0 aliphatic rings. The predicted octanol–water partition coefficient (Wildman–Crippen LogP) is 3.26. The van der Waals surface area contributed by atoms with Crippen LogP contribution < -0.4 is 5.32 Å². The second-order valence-corrected chi connectivity index (χ2v) is 5.00. The van der Waals surface area contributed by atoms with Gasteiger partial charge in [0.2, 0.25) is 5.91 Å². The minimum atomic E-state index is -0.0660. The van der Waals surface area contributed by atoms with Crippen molar-refractivity contribution in [1.82, 2.24) is 15.3 Å². The first-order valence-electron chi connectivity index (χ1n) is 6.72. The number of carbonyl (C=O) groups excluding carboxylic acids is 1. The maximum Gasteiger partial charge on any atom is 0.220 e. The Kier molecular flexibility index (Phi) is 5.18. The van der Waals surface area contributed by atoms with Crippen LogP contribution in [-0.4, -0.2) is 15.9 Å². The third kappa shape index (κ3) is 3.84. The molecular weight excluding hydrogens is 274 g/mol. The maximum atomic E-state index is 12.0. The number of halogens is 1. The van der Waals surface area contributed by atoms with E-state index in [2.05, 4.69) is 15.3 Å². The topological polar surface area (TPSA) is 57.8 Å². The molecule has 2 aromatic rings. The van der Waals surface area contributed by atoms with Gasteiger partial charge in [-0.2, -0.15) is 0 Å². The highest BCUT2D eigenvalue weighted by Gasteiger charge is 2.14. The molecule has 1 aromatic heterocycles. The van der Waals surface area contributed by atoms with Gasteiger partial charge in [0.1, 0.15) is 5.82 Å². The van der Waals surface area contributed by atoms with Crippen molar-refractivity contribution in [3.63, 3.8) is 0 Å². The van der Waals surface area contributed by atoms with Gasteiger partial charge in [0.25, 0.3) is 0 Å². The van der Waals surface area contributed by atoms with Crippen molar-refractivity contribution in [3.8, 4) is 0 Å². The Morgan fingerprint density at radius 1 is 1.45 bits per heavy atom. The third-order valence-electron chi connectivity index (χ3n) is 3.17. The zero-order valence-corrected chi connectivity index (χ0v) is 12.2. The van der Waals surface area contributed by atoms with E-state index < -0.39 is 0 Å². The second-order valence-electron chi connectivity index (χ2n) is 4.59. The van der Waals surface area contributed by atoms with Crippen molar-refractivity contribution in [2.45, 2.75) is 32.2 Å². The quantitative estimate of drug-likeness (QED) is 0.858. The van der Waals surface area contributed by atoms with Crippen LogP contribution in [0.2, 0.25) is 5.02 Å². The molecule has 1 aromatic carbocycles. The molecule has 1 atom stereocenters. The number of aryl methyl sites for hydroxylation is 1. The Morgan fingerprint density at radius 3 is 2.90 bits per heavy atom. The molecule has 4 nitrogen and oxygen atoms in total. The van der Waals surface area contributed by atoms with Crippen LogP contribution in [0.1, 0.15) is 37.2 Å². The number of carbonyl (C=O) groups is 1. The summed E-state index contributed by atoms with van der Waals surface area (Å²) in [6.07, 6.45) is 5.30. The number of hydrogen-bond donors (Lipinski definition) is 2. The molecule has 0 saturated carbocycles. The van der Waals surface area contributed by atoms with Gasteiger partial charge in [0.15, 0.2) is 0 Å². The van der Waals surface area contributed by atoms with E-state index in [1.54, 1.807) is 12.4 Å². The Hall–Kier alpha value is -1.81. The van der Waals surface area contributed by atoms with Gasteiger partial charge >= 0.3 is 0 Å². The molecule has 0 fully saturated rings. The summed E-state index contributed by atoms with van der Waals surface area (Å²) in [6, 6.07) is 7.53. The van der Waals surface area contributed by atoms with Crippen LogP contribution in [0.5, 0.6) is 0 Å². The number of rotatable bonds is 6. The maximum absolute atomic E-state index is 12.0. The van der Waals surface area contributed by atoms with Gasteiger partial charge in [-0.1, -0.05) is 36.7 Å². The Morgan fingerprint density at radius 2 is 2.25 bits per heavy atom. The Labute approximate surface area is 123 Å². The van der Waals surface area contributed by atoms with Crippen LogP contribution in [0.25, 0.3) is 0 Å². The average Bonchev–Trinajstić information content (AvgIpc) is 2.98. The van der Waals surface area contributed by atoms with Crippen LogP contribution in [0, 0.1) is 0 Å². The van der Waals surface area contributed by atoms with E-state index in [4.69, 9.17) is 11.6 Å². The molecular formula is C15H18ClN3O. The fourth-order valence-corrected chi connectivity index (χ4v) is 2.28. The normalized spacial score (nSPS) is 12.1. The molecule has 20 heavy (non-hydrogen) atoms. The summed E-state index contributed by atoms with van der Waals surface area (Å²) in [4.78, 5) is 19.2. The fraction of sp³-hybridized carbons (Fsp3) is 0.333. The summed E-state index contributed by atoms with van der Waals surface area (Å²) in [5, 5.41) is 3.69. The summed E-state index contributed by atoms with van der Waals surface area (Å²) < 4.78 is 0. The largest absolute Gasteiger partial charge is 0.347 e. The van der Waals surface area contributed by atoms with Crippen LogP contribution >= 0.6 is 11.6 Å². The SMILES string of the molecule is CCC(NC(=O)CCc1ccccc1Cl)c1ncc[nH]1. The lowest BCUT2D eigenvalue weighted by Gasteiger charge is -2.14. The molecule has 1 unspecified atom stereocenters. The van der Waals surface area contributed by atoms with Gasteiger partial charge in [-0.05, 0) is 24.5 Å². The first-order valence-corrected chi connectivity index (χ1v) is 7.10. The smallest absolute Gasteiger partial charge is 0.220 e. The summed E-state index contributed by atoms with van der Waals surface area (Å²) in [6.45, 7) is 2.02. The zero-order chi connectivity index (χ0) is 14.4. The Bertz CT molecular complexity index is 554. The predicted molar refractivity (Wildman–Crippen MR) is 79.5 cm³/mol. The van der Waals surface area contributed by atoms with E-state index in [1.165, 1.54) is 0 Å².